The molecule has 0 aromatic heterocycles. The maximum atomic E-state index is 11.9. The molecular weight excluding hydrogens is 645 g/mol. The molecular formula is C46H84N2O4. The Balaban J connectivity index is 1.81. The molecule has 0 atom stereocenters. The number of ether oxygens (including phenoxy) is 1. The van der Waals surface area contributed by atoms with Gasteiger partial charge in [-0.3, -0.25) is 14.6 Å². The van der Waals surface area contributed by atoms with Crippen molar-refractivity contribution in [2.24, 2.45) is 4.99 Å². The van der Waals surface area contributed by atoms with Crippen molar-refractivity contribution in [2.75, 3.05) is 26.2 Å². The van der Waals surface area contributed by atoms with Gasteiger partial charge in [0, 0.05) is 32.4 Å². The van der Waals surface area contributed by atoms with Gasteiger partial charge in [0.2, 0.25) is 0 Å². The van der Waals surface area contributed by atoms with E-state index in [1.165, 1.54) is 179 Å². The molecule has 6 heteroatoms. The summed E-state index contributed by atoms with van der Waals surface area (Å²) in [6, 6.07) is 0. The van der Waals surface area contributed by atoms with Gasteiger partial charge >= 0.3 is 11.9 Å². The molecule has 0 saturated heterocycles. The van der Waals surface area contributed by atoms with E-state index in [0.717, 1.165) is 51.6 Å². The zero-order valence-corrected chi connectivity index (χ0v) is 34.2. The molecule has 0 fully saturated rings. The van der Waals surface area contributed by atoms with Crippen LogP contribution in [0.1, 0.15) is 225 Å². The number of carbonyl (C=O) groups excluding carboxylic acids is 1. The van der Waals surface area contributed by atoms with Crippen molar-refractivity contribution in [1.29, 1.82) is 0 Å². The molecule has 0 aromatic carbocycles. The van der Waals surface area contributed by atoms with Gasteiger partial charge in [0.05, 0.1) is 19.0 Å². The van der Waals surface area contributed by atoms with Crippen LogP contribution in [0, 0.1) is 0 Å². The maximum absolute atomic E-state index is 11.9. The molecule has 0 aliphatic carbocycles. The normalized spacial score (nSPS) is 13.2. The Morgan fingerprint density at radius 1 is 0.577 bits per heavy atom. The van der Waals surface area contributed by atoms with Crippen molar-refractivity contribution in [3.8, 4) is 0 Å². The third-order valence-corrected chi connectivity index (χ3v) is 10.5. The second-order valence-electron chi connectivity index (χ2n) is 15.4. The Morgan fingerprint density at radius 2 is 1.02 bits per heavy atom. The van der Waals surface area contributed by atoms with Crippen molar-refractivity contribution in [3.63, 3.8) is 0 Å². The lowest BCUT2D eigenvalue weighted by Crippen LogP contribution is -2.28. The van der Waals surface area contributed by atoms with Gasteiger partial charge < -0.3 is 14.7 Å². The lowest BCUT2D eigenvalue weighted by Gasteiger charge is -2.20. The minimum Gasteiger partial charge on any atom is -0.481 e. The van der Waals surface area contributed by atoms with Gasteiger partial charge in [-0.05, 0) is 83.5 Å². The highest BCUT2D eigenvalue weighted by Crippen LogP contribution is 2.16. The molecule has 1 N–H and O–H groups in total. The minimum absolute atomic E-state index is 0.000246. The fraction of sp³-hybridized carbons (Fsp3) is 0.848. The zero-order chi connectivity index (χ0) is 37.4. The Kier molecular flexibility index (Phi) is 35.6. The number of carboxylic acids is 1. The van der Waals surface area contributed by atoms with E-state index in [1.54, 1.807) is 0 Å². The quantitative estimate of drug-likeness (QED) is 0.0386. The largest absolute Gasteiger partial charge is 0.481 e. The van der Waals surface area contributed by atoms with E-state index in [-0.39, 0.29) is 5.97 Å². The van der Waals surface area contributed by atoms with Crippen LogP contribution in [0.2, 0.25) is 0 Å². The number of esters is 1. The van der Waals surface area contributed by atoms with Crippen LogP contribution in [-0.2, 0) is 14.3 Å². The second-order valence-corrected chi connectivity index (χ2v) is 15.4. The molecule has 0 saturated carbocycles. The first-order chi connectivity index (χ1) is 25.6. The van der Waals surface area contributed by atoms with Gasteiger partial charge in [-0.15, -0.1) is 0 Å². The Hall–Kier alpha value is -2.11. The second kappa shape index (κ2) is 38.6. The summed E-state index contributed by atoms with van der Waals surface area (Å²) >= 11 is 0. The highest BCUT2D eigenvalue weighted by Gasteiger charge is 2.15. The van der Waals surface area contributed by atoms with Crippen molar-refractivity contribution < 1.29 is 19.4 Å². The van der Waals surface area contributed by atoms with Crippen molar-refractivity contribution in [3.05, 3.63) is 24.3 Å². The van der Waals surface area contributed by atoms with Crippen molar-refractivity contribution in [2.45, 2.75) is 225 Å². The average molecular weight is 729 g/mol. The Bertz CT molecular complexity index is 899. The van der Waals surface area contributed by atoms with E-state index in [1.807, 2.05) is 0 Å². The molecule has 0 aromatic rings. The van der Waals surface area contributed by atoms with E-state index in [9.17, 15) is 9.59 Å². The smallest absolute Gasteiger partial charge is 0.305 e. The van der Waals surface area contributed by atoms with Crippen LogP contribution in [0.5, 0.6) is 0 Å². The number of rotatable bonds is 40. The predicted octanol–water partition coefficient (Wildman–Crippen LogP) is 13.7. The fourth-order valence-corrected chi connectivity index (χ4v) is 7.10. The molecule has 1 rings (SSSR count). The van der Waals surface area contributed by atoms with E-state index in [2.05, 4.69) is 36.1 Å². The van der Waals surface area contributed by atoms with Crippen LogP contribution in [-0.4, -0.2) is 54.0 Å². The van der Waals surface area contributed by atoms with Crippen LogP contribution in [0.25, 0.3) is 0 Å². The summed E-state index contributed by atoms with van der Waals surface area (Å²) in [5.41, 5.74) is 0. The van der Waals surface area contributed by atoms with E-state index in [4.69, 9.17) is 14.8 Å². The number of hydrogen-bond donors (Lipinski definition) is 1. The van der Waals surface area contributed by atoms with Gasteiger partial charge in [-0.2, -0.15) is 0 Å². The molecule has 0 amide bonds. The summed E-state index contributed by atoms with van der Waals surface area (Å²) in [5, 5.41) is 8.67. The van der Waals surface area contributed by atoms with E-state index >= 15 is 0 Å². The SMILES string of the molecule is CCCCCCCCOC(=O)CCCCCCCC=CCCCCCCCCN1CCN=C1CCCCCCCC=CCCCCCCCC(=O)O. The third-order valence-electron chi connectivity index (χ3n) is 10.5. The highest BCUT2D eigenvalue weighted by molar-refractivity contribution is 5.83. The highest BCUT2D eigenvalue weighted by atomic mass is 16.5. The summed E-state index contributed by atoms with van der Waals surface area (Å²) in [5.74, 6) is 0.713. The molecule has 1 heterocycles. The molecule has 0 bridgehead atoms. The molecule has 1 aliphatic heterocycles. The van der Waals surface area contributed by atoms with E-state index in [0.29, 0.717) is 19.4 Å². The van der Waals surface area contributed by atoms with Crippen molar-refractivity contribution >= 4 is 17.8 Å². The van der Waals surface area contributed by atoms with Gasteiger partial charge in [0.15, 0.2) is 0 Å². The standard InChI is InChI=1S/C46H84N2O4/c1-2-3-4-5-31-36-43-52-46(51)39-34-29-25-21-17-13-7-6-10-14-18-22-26-30-35-41-48-42-40-47-44(48)37-32-27-23-19-15-11-8-9-12-16-20-24-28-33-38-45(49)50/h6-9H,2-5,10-43H2,1H3,(H,49,50). The summed E-state index contributed by atoms with van der Waals surface area (Å²) in [4.78, 5) is 29.8. The molecule has 6 nitrogen and oxygen atoms in total. The van der Waals surface area contributed by atoms with Crippen LogP contribution in [0.15, 0.2) is 29.3 Å². The number of carboxylic acid groups (broad SMARTS) is 1. The maximum Gasteiger partial charge on any atom is 0.305 e. The molecule has 0 unspecified atom stereocenters. The van der Waals surface area contributed by atoms with Crippen LogP contribution < -0.4 is 0 Å². The minimum atomic E-state index is -0.669. The number of hydrogen-bond acceptors (Lipinski definition) is 5. The molecule has 0 spiro atoms. The molecule has 0 radical (unpaired) electrons. The Labute approximate surface area is 322 Å². The fourth-order valence-electron chi connectivity index (χ4n) is 7.10. The topological polar surface area (TPSA) is 79.2 Å². The summed E-state index contributed by atoms with van der Waals surface area (Å²) in [6.45, 7) is 6.18. The summed E-state index contributed by atoms with van der Waals surface area (Å²) in [6.07, 6.45) is 49.8. The molecule has 52 heavy (non-hydrogen) atoms. The van der Waals surface area contributed by atoms with Gasteiger partial charge in [0.1, 0.15) is 0 Å². The van der Waals surface area contributed by atoms with E-state index < -0.39 is 5.97 Å². The first kappa shape index (κ1) is 47.9. The molecule has 302 valence electrons. The van der Waals surface area contributed by atoms with Crippen molar-refractivity contribution in [1.82, 2.24) is 4.90 Å². The first-order valence-electron chi connectivity index (χ1n) is 22.6. The average Bonchev–Trinajstić information content (AvgIpc) is 3.59. The number of allylic oxidation sites excluding steroid dienone is 4. The number of aliphatic imine (C=N–C) groups is 1. The summed E-state index contributed by atoms with van der Waals surface area (Å²) in [7, 11) is 0. The zero-order valence-electron chi connectivity index (χ0n) is 34.2. The summed E-state index contributed by atoms with van der Waals surface area (Å²) < 4.78 is 5.37. The lowest BCUT2D eigenvalue weighted by molar-refractivity contribution is -0.144. The van der Waals surface area contributed by atoms with Gasteiger partial charge in [-0.1, -0.05) is 147 Å². The van der Waals surface area contributed by atoms with Crippen LogP contribution >= 0.6 is 0 Å². The number of unbranched alkanes of at least 4 members (excludes halogenated alkanes) is 26. The molecule has 1 aliphatic rings. The van der Waals surface area contributed by atoms with Crippen LogP contribution in [0.4, 0.5) is 0 Å². The first-order valence-corrected chi connectivity index (χ1v) is 22.6. The Morgan fingerprint density at radius 3 is 1.56 bits per heavy atom. The third kappa shape index (κ3) is 33.7. The number of aliphatic carboxylic acids is 1. The van der Waals surface area contributed by atoms with Crippen LogP contribution in [0.3, 0.4) is 0 Å². The number of amidine groups is 1. The monoisotopic (exact) mass is 729 g/mol. The predicted molar refractivity (Wildman–Crippen MR) is 223 cm³/mol. The number of carbonyl (C=O) groups is 2. The van der Waals surface area contributed by atoms with Gasteiger partial charge in [0.25, 0.3) is 0 Å². The van der Waals surface area contributed by atoms with Gasteiger partial charge in [-0.25, -0.2) is 0 Å². The number of nitrogens with zero attached hydrogens (tertiary/aromatic N) is 2. The lowest BCUT2D eigenvalue weighted by atomic mass is 10.1.